The maximum Gasteiger partial charge on any atom is 0.255 e. The van der Waals surface area contributed by atoms with Crippen LogP contribution in [-0.4, -0.2) is 24.2 Å². The van der Waals surface area contributed by atoms with Crippen molar-refractivity contribution in [1.82, 2.24) is 0 Å². The van der Waals surface area contributed by atoms with Gasteiger partial charge >= 0.3 is 0 Å². The Labute approximate surface area is 156 Å². The molecule has 140 valence electrons. The second-order valence-corrected chi connectivity index (χ2v) is 7.87. The van der Waals surface area contributed by atoms with Gasteiger partial charge in [-0.1, -0.05) is 49.8 Å². The zero-order valence-electron chi connectivity index (χ0n) is 15.6. The van der Waals surface area contributed by atoms with Gasteiger partial charge in [-0.2, -0.15) is 0 Å². The van der Waals surface area contributed by atoms with Crippen LogP contribution in [0.2, 0.25) is 5.02 Å². The fourth-order valence-electron chi connectivity index (χ4n) is 3.47. The Morgan fingerprint density at radius 2 is 2.00 bits per heavy atom. The lowest BCUT2D eigenvalue weighted by molar-refractivity contribution is -0.132. The second-order valence-electron chi connectivity index (χ2n) is 7.46. The molecule has 1 aromatic rings. The fraction of sp³-hybridized carbons (Fsp3) is 0.650. The lowest BCUT2D eigenvalue weighted by atomic mass is 9.84. The molecule has 0 radical (unpaired) electrons. The van der Waals surface area contributed by atoms with Crippen molar-refractivity contribution in [2.45, 2.75) is 77.5 Å². The molecule has 1 saturated carbocycles. The summed E-state index contributed by atoms with van der Waals surface area (Å²) in [5.41, 5.74) is 8.04. The maximum absolute atomic E-state index is 12.8. The zero-order valence-corrected chi connectivity index (χ0v) is 16.3. The summed E-state index contributed by atoms with van der Waals surface area (Å²) in [4.78, 5) is 12.8. The van der Waals surface area contributed by atoms with Crippen LogP contribution in [0, 0.1) is 12.8 Å². The van der Waals surface area contributed by atoms with Crippen molar-refractivity contribution >= 4 is 23.2 Å². The Kier molecular flexibility index (Phi) is 7.73. The molecule has 0 aromatic heterocycles. The summed E-state index contributed by atoms with van der Waals surface area (Å²) in [6, 6.07) is 5.19. The standard InChI is InChI=1S/C20H31ClN2O2/c1-13(2)25-19(18(22)11-15-7-5-4-6-8-15)20(24)23-16-10-9-14(3)17(21)12-16/h9-10,12-13,15,18-19H,4-8,11,22H2,1-3H3,(H,23,24)/t18-,19?/m1/s1. The normalized spacial score (nSPS) is 18.2. The number of amides is 1. The van der Waals surface area contributed by atoms with E-state index < -0.39 is 6.10 Å². The molecule has 3 N–H and O–H groups in total. The van der Waals surface area contributed by atoms with E-state index >= 15 is 0 Å². The summed E-state index contributed by atoms with van der Waals surface area (Å²) < 4.78 is 5.87. The Morgan fingerprint density at radius 3 is 2.60 bits per heavy atom. The first-order valence-corrected chi connectivity index (χ1v) is 9.72. The van der Waals surface area contributed by atoms with Gasteiger partial charge in [0, 0.05) is 16.8 Å². The van der Waals surface area contributed by atoms with Gasteiger partial charge in [-0.3, -0.25) is 4.79 Å². The van der Waals surface area contributed by atoms with Crippen molar-refractivity contribution in [2.24, 2.45) is 11.7 Å². The molecule has 1 unspecified atom stereocenters. The molecule has 25 heavy (non-hydrogen) atoms. The summed E-state index contributed by atoms with van der Waals surface area (Å²) in [7, 11) is 0. The number of aryl methyl sites for hydroxylation is 1. The first-order chi connectivity index (χ1) is 11.9. The van der Waals surface area contributed by atoms with E-state index in [9.17, 15) is 4.79 Å². The van der Waals surface area contributed by atoms with Gasteiger partial charge in [0.15, 0.2) is 6.10 Å². The number of anilines is 1. The van der Waals surface area contributed by atoms with Crippen LogP contribution >= 0.6 is 11.6 Å². The quantitative estimate of drug-likeness (QED) is 0.736. The van der Waals surface area contributed by atoms with Crippen LogP contribution < -0.4 is 11.1 Å². The van der Waals surface area contributed by atoms with Crippen LogP contribution in [0.15, 0.2) is 18.2 Å². The van der Waals surface area contributed by atoms with Crippen molar-refractivity contribution in [3.63, 3.8) is 0 Å². The highest BCUT2D eigenvalue weighted by Gasteiger charge is 2.30. The number of carbonyl (C=O) groups is 1. The smallest absolute Gasteiger partial charge is 0.255 e. The Bertz CT molecular complexity index is 571. The molecule has 0 bridgehead atoms. The topological polar surface area (TPSA) is 64.3 Å². The lowest BCUT2D eigenvalue weighted by Gasteiger charge is -2.30. The summed E-state index contributed by atoms with van der Waals surface area (Å²) in [5.74, 6) is 0.403. The molecule has 1 aliphatic carbocycles. The minimum absolute atomic E-state index is 0.0604. The predicted octanol–water partition coefficient (Wildman–Crippen LogP) is 4.68. The van der Waals surface area contributed by atoms with E-state index in [-0.39, 0.29) is 18.1 Å². The number of nitrogens with two attached hydrogens (primary N) is 1. The molecule has 1 aromatic carbocycles. The molecule has 0 saturated heterocycles. The molecule has 2 atom stereocenters. The highest BCUT2D eigenvalue weighted by molar-refractivity contribution is 6.31. The minimum atomic E-state index is -0.651. The molecule has 0 aliphatic heterocycles. The van der Waals surface area contributed by atoms with Gasteiger partial charge in [-0.05, 0) is 50.8 Å². The van der Waals surface area contributed by atoms with Gasteiger partial charge in [0.05, 0.1) is 6.10 Å². The molecule has 0 spiro atoms. The predicted molar refractivity (Wildman–Crippen MR) is 104 cm³/mol. The first-order valence-electron chi connectivity index (χ1n) is 9.35. The monoisotopic (exact) mass is 366 g/mol. The maximum atomic E-state index is 12.8. The van der Waals surface area contributed by atoms with Crippen LogP contribution in [0.4, 0.5) is 5.69 Å². The second kappa shape index (κ2) is 9.56. The van der Waals surface area contributed by atoms with E-state index in [1.165, 1.54) is 32.1 Å². The third-order valence-electron chi connectivity index (χ3n) is 4.84. The average molecular weight is 367 g/mol. The third kappa shape index (κ3) is 6.28. The number of hydrogen-bond acceptors (Lipinski definition) is 3. The van der Waals surface area contributed by atoms with Gasteiger partial charge in [0.2, 0.25) is 0 Å². The van der Waals surface area contributed by atoms with Gasteiger partial charge in [0.25, 0.3) is 5.91 Å². The van der Waals surface area contributed by atoms with Crippen LogP contribution in [0.3, 0.4) is 0 Å². The van der Waals surface area contributed by atoms with Crippen LogP contribution in [0.1, 0.15) is 57.9 Å². The van der Waals surface area contributed by atoms with Gasteiger partial charge in [-0.15, -0.1) is 0 Å². The molecule has 0 heterocycles. The lowest BCUT2D eigenvalue weighted by Crippen LogP contribution is -2.47. The van der Waals surface area contributed by atoms with Crippen molar-refractivity contribution in [3.8, 4) is 0 Å². The van der Waals surface area contributed by atoms with E-state index in [0.29, 0.717) is 16.6 Å². The minimum Gasteiger partial charge on any atom is -0.364 e. The SMILES string of the molecule is Cc1ccc(NC(=O)C(OC(C)C)[C@H](N)CC2CCCCC2)cc1Cl. The van der Waals surface area contributed by atoms with Crippen molar-refractivity contribution in [3.05, 3.63) is 28.8 Å². The third-order valence-corrected chi connectivity index (χ3v) is 5.24. The zero-order chi connectivity index (χ0) is 18.4. The molecule has 1 aliphatic rings. The number of ether oxygens (including phenoxy) is 1. The summed E-state index contributed by atoms with van der Waals surface area (Å²) in [6.07, 6.45) is 6.37. The van der Waals surface area contributed by atoms with E-state index in [1.807, 2.05) is 32.9 Å². The number of rotatable bonds is 7. The number of benzene rings is 1. The van der Waals surface area contributed by atoms with Crippen LogP contribution in [0.5, 0.6) is 0 Å². The largest absolute Gasteiger partial charge is 0.364 e. The molecule has 1 fully saturated rings. The number of halogens is 1. The number of hydrogen-bond donors (Lipinski definition) is 2. The van der Waals surface area contributed by atoms with Crippen molar-refractivity contribution in [2.75, 3.05) is 5.32 Å². The highest BCUT2D eigenvalue weighted by Crippen LogP contribution is 2.28. The summed E-state index contributed by atoms with van der Waals surface area (Å²) in [5, 5.41) is 3.54. The van der Waals surface area contributed by atoms with Crippen molar-refractivity contribution < 1.29 is 9.53 Å². The molecule has 1 amide bonds. The van der Waals surface area contributed by atoms with Crippen molar-refractivity contribution in [1.29, 1.82) is 0 Å². The number of nitrogens with one attached hydrogen (secondary N) is 1. The molecular weight excluding hydrogens is 336 g/mol. The van der Waals surface area contributed by atoms with E-state index in [2.05, 4.69) is 5.32 Å². The van der Waals surface area contributed by atoms with E-state index in [0.717, 1.165) is 12.0 Å². The summed E-state index contributed by atoms with van der Waals surface area (Å²) in [6.45, 7) is 5.78. The molecular formula is C20H31ClN2O2. The number of carbonyl (C=O) groups excluding carboxylic acids is 1. The van der Waals surface area contributed by atoms with Crippen LogP contribution in [-0.2, 0) is 9.53 Å². The average Bonchev–Trinajstić information content (AvgIpc) is 2.56. The van der Waals surface area contributed by atoms with Crippen LogP contribution in [0.25, 0.3) is 0 Å². The van der Waals surface area contributed by atoms with Gasteiger partial charge in [-0.25, -0.2) is 0 Å². The Balaban J connectivity index is 2.03. The highest BCUT2D eigenvalue weighted by atomic mass is 35.5. The molecule has 5 heteroatoms. The van der Waals surface area contributed by atoms with Gasteiger partial charge < -0.3 is 15.8 Å². The first kappa shape index (κ1) is 20.2. The van der Waals surface area contributed by atoms with E-state index in [4.69, 9.17) is 22.1 Å². The van der Waals surface area contributed by atoms with Gasteiger partial charge in [0.1, 0.15) is 0 Å². The summed E-state index contributed by atoms with van der Waals surface area (Å²) >= 11 is 6.15. The molecule has 2 rings (SSSR count). The van der Waals surface area contributed by atoms with E-state index in [1.54, 1.807) is 6.07 Å². The Morgan fingerprint density at radius 1 is 1.32 bits per heavy atom. The molecule has 4 nitrogen and oxygen atoms in total. The Hall–Kier alpha value is -1.10. The fourth-order valence-corrected chi connectivity index (χ4v) is 3.65.